The van der Waals surface area contributed by atoms with Crippen molar-refractivity contribution in [3.05, 3.63) is 0 Å². The fourth-order valence-corrected chi connectivity index (χ4v) is 3.95. The van der Waals surface area contributed by atoms with Gasteiger partial charge in [-0.05, 0) is 50.6 Å². The molecule has 0 aromatic rings. The second kappa shape index (κ2) is 11.7. The van der Waals surface area contributed by atoms with Crippen LogP contribution < -0.4 is 11.1 Å². The van der Waals surface area contributed by atoms with E-state index in [-0.39, 0.29) is 24.9 Å². The Morgan fingerprint density at radius 2 is 1.58 bits per heavy atom. The summed E-state index contributed by atoms with van der Waals surface area (Å²) in [6.07, 6.45) is 11.3. The fraction of sp³-hybridized carbons (Fsp3) is 0.889. The first-order valence-electron chi connectivity index (χ1n) is 9.42. The topological polar surface area (TPSA) is 75.4 Å². The van der Waals surface area contributed by atoms with Gasteiger partial charge in [0.05, 0.1) is 6.54 Å². The number of nitrogens with two attached hydrogens (primary N) is 1. The summed E-state index contributed by atoms with van der Waals surface area (Å²) in [5, 5.41) is 3.35. The zero-order valence-electron chi connectivity index (χ0n) is 14.8. The van der Waals surface area contributed by atoms with Crippen LogP contribution in [0.2, 0.25) is 0 Å². The minimum atomic E-state index is -0.399. The molecule has 0 atom stereocenters. The van der Waals surface area contributed by atoms with Crippen molar-refractivity contribution in [2.75, 3.05) is 26.2 Å². The Labute approximate surface area is 152 Å². The van der Waals surface area contributed by atoms with Crippen molar-refractivity contribution in [1.29, 1.82) is 0 Å². The van der Waals surface area contributed by atoms with Crippen LogP contribution in [0.1, 0.15) is 64.2 Å². The molecular weight excluding hydrogens is 326 g/mol. The second-order valence-electron chi connectivity index (χ2n) is 7.31. The number of halogens is 1. The number of rotatable bonds is 8. The van der Waals surface area contributed by atoms with Crippen LogP contribution in [0.4, 0.5) is 0 Å². The van der Waals surface area contributed by atoms with Gasteiger partial charge in [-0.3, -0.25) is 9.59 Å². The molecule has 1 saturated heterocycles. The molecule has 2 amide bonds. The number of carbonyl (C=O) groups is 2. The third kappa shape index (κ3) is 7.84. The van der Waals surface area contributed by atoms with Crippen molar-refractivity contribution < 1.29 is 9.59 Å². The van der Waals surface area contributed by atoms with Crippen LogP contribution in [0.15, 0.2) is 0 Å². The highest BCUT2D eigenvalue weighted by molar-refractivity contribution is 5.85. The van der Waals surface area contributed by atoms with E-state index in [1.165, 1.54) is 32.1 Å². The standard InChI is InChI=1S/C18H33N3O2.ClH/c19-17(22)14-21(13-10-15-4-2-1-3-5-15)18(23)7-6-16-8-11-20-12-9-16;/h15-16,20H,1-14H2,(H2,19,22);1H. The summed E-state index contributed by atoms with van der Waals surface area (Å²) >= 11 is 0. The summed E-state index contributed by atoms with van der Waals surface area (Å²) in [5.41, 5.74) is 5.34. The van der Waals surface area contributed by atoms with Crippen molar-refractivity contribution in [2.24, 2.45) is 17.6 Å². The summed E-state index contributed by atoms with van der Waals surface area (Å²) < 4.78 is 0. The summed E-state index contributed by atoms with van der Waals surface area (Å²) in [4.78, 5) is 25.5. The van der Waals surface area contributed by atoms with Crippen molar-refractivity contribution in [2.45, 2.75) is 64.2 Å². The van der Waals surface area contributed by atoms with Gasteiger partial charge in [0.15, 0.2) is 0 Å². The van der Waals surface area contributed by atoms with E-state index in [1.54, 1.807) is 4.90 Å². The predicted octanol–water partition coefficient (Wildman–Crippen LogP) is 2.47. The quantitative estimate of drug-likeness (QED) is 0.699. The number of nitrogens with one attached hydrogen (secondary N) is 1. The fourth-order valence-electron chi connectivity index (χ4n) is 3.95. The van der Waals surface area contributed by atoms with Crippen molar-refractivity contribution in [3.8, 4) is 0 Å². The van der Waals surface area contributed by atoms with Gasteiger partial charge in [0.2, 0.25) is 11.8 Å². The highest BCUT2D eigenvalue weighted by Gasteiger charge is 2.21. The van der Waals surface area contributed by atoms with Gasteiger partial charge in [0.25, 0.3) is 0 Å². The largest absolute Gasteiger partial charge is 0.368 e. The van der Waals surface area contributed by atoms with Crippen molar-refractivity contribution in [1.82, 2.24) is 10.2 Å². The third-order valence-corrected chi connectivity index (χ3v) is 5.46. The molecule has 0 radical (unpaired) electrons. The molecular formula is C18H34ClN3O2. The van der Waals surface area contributed by atoms with Gasteiger partial charge in [0, 0.05) is 13.0 Å². The zero-order valence-corrected chi connectivity index (χ0v) is 15.6. The van der Waals surface area contributed by atoms with Crippen molar-refractivity contribution >= 4 is 24.2 Å². The second-order valence-corrected chi connectivity index (χ2v) is 7.31. The summed E-state index contributed by atoms with van der Waals surface area (Å²) in [7, 11) is 0. The lowest BCUT2D eigenvalue weighted by molar-refractivity contribution is -0.135. The maximum Gasteiger partial charge on any atom is 0.237 e. The van der Waals surface area contributed by atoms with Gasteiger partial charge in [-0.15, -0.1) is 12.4 Å². The molecule has 5 nitrogen and oxygen atoms in total. The van der Waals surface area contributed by atoms with Crippen LogP contribution in [0, 0.1) is 11.8 Å². The molecule has 140 valence electrons. The highest BCUT2D eigenvalue weighted by atomic mass is 35.5. The Balaban J connectivity index is 0.00000288. The first-order chi connectivity index (χ1) is 11.1. The van der Waals surface area contributed by atoms with Crippen LogP contribution in [-0.2, 0) is 9.59 Å². The number of piperidine rings is 1. The Bertz CT molecular complexity index is 380. The lowest BCUT2D eigenvalue weighted by Gasteiger charge is -2.27. The molecule has 1 saturated carbocycles. The van der Waals surface area contributed by atoms with E-state index in [0.717, 1.165) is 44.7 Å². The van der Waals surface area contributed by atoms with Crippen LogP contribution >= 0.6 is 12.4 Å². The molecule has 1 aliphatic heterocycles. The van der Waals surface area contributed by atoms with E-state index in [9.17, 15) is 9.59 Å². The van der Waals surface area contributed by atoms with Crippen LogP contribution in [0.5, 0.6) is 0 Å². The average Bonchev–Trinajstić information content (AvgIpc) is 2.58. The predicted molar refractivity (Wildman–Crippen MR) is 99.0 cm³/mol. The summed E-state index contributed by atoms with van der Waals surface area (Å²) in [5.74, 6) is 1.08. The van der Waals surface area contributed by atoms with Gasteiger partial charge < -0.3 is 16.0 Å². The number of amides is 2. The van der Waals surface area contributed by atoms with Gasteiger partial charge in [-0.1, -0.05) is 32.1 Å². The number of hydrogen-bond acceptors (Lipinski definition) is 3. The number of carbonyl (C=O) groups excluding carboxylic acids is 2. The molecule has 6 heteroatoms. The average molecular weight is 360 g/mol. The number of primary amides is 1. The molecule has 0 bridgehead atoms. The first-order valence-corrected chi connectivity index (χ1v) is 9.42. The van der Waals surface area contributed by atoms with Gasteiger partial charge >= 0.3 is 0 Å². The monoisotopic (exact) mass is 359 g/mol. The molecule has 2 rings (SSSR count). The molecule has 2 aliphatic rings. The van der Waals surface area contributed by atoms with Crippen LogP contribution in [0.3, 0.4) is 0 Å². The maximum atomic E-state index is 12.5. The first kappa shape index (κ1) is 21.2. The van der Waals surface area contributed by atoms with Crippen LogP contribution in [0.25, 0.3) is 0 Å². The van der Waals surface area contributed by atoms with Gasteiger partial charge in [-0.25, -0.2) is 0 Å². The van der Waals surface area contributed by atoms with E-state index in [0.29, 0.717) is 18.9 Å². The zero-order chi connectivity index (χ0) is 16.5. The Kier molecular flexibility index (Phi) is 10.3. The lowest BCUT2D eigenvalue weighted by atomic mass is 9.87. The smallest absolute Gasteiger partial charge is 0.237 e. The molecule has 0 unspecified atom stereocenters. The van der Waals surface area contributed by atoms with E-state index < -0.39 is 5.91 Å². The normalized spacial score (nSPS) is 19.5. The van der Waals surface area contributed by atoms with E-state index in [2.05, 4.69) is 5.32 Å². The molecule has 1 heterocycles. The minimum absolute atomic E-state index is 0. The Hall–Kier alpha value is -0.810. The summed E-state index contributed by atoms with van der Waals surface area (Å²) in [6.45, 7) is 2.90. The number of hydrogen-bond donors (Lipinski definition) is 2. The maximum absolute atomic E-state index is 12.5. The lowest BCUT2D eigenvalue weighted by Crippen LogP contribution is -2.40. The highest BCUT2D eigenvalue weighted by Crippen LogP contribution is 2.26. The van der Waals surface area contributed by atoms with E-state index >= 15 is 0 Å². The van der Waals surface area contributed by atoms with Crippen molar-refractivity contribution in [3.63, 3.8) is 0 Å². The SMILES string of the molecule is Cl.NC(=O)CN(CCC1CCCCC1)C(=O)CCC1CCNCC1. The molecule has 24 heavy (non-hydrogen) atoms. The Morgan fingerprint density at radius 1 is 0.958 bits per heavy atom. The van der Waals surface area contributed by atoms with E-state index in [4.69, 9.17) is 5.73 Å². The van der Waals surface area contributed by atoms with Crippen LogP contribution in [-0.4, -0.2) is 42.9 Å². The Morgan fingerprint density at radius 3 is 2.21 bits per heavy atom. The van der Waals surface area contributed by atoms with Gasteiger partial charge in [0.1, 0.15) is 0 Å². The molecule has 0 aromatic carbocycles. The third-order valence-electron chi connectivity index (χ3n) is 5.46. The molecule has 2 fully saturated rings. The molecule has 1 aliphatic carbocycles. The molecule has 0 aromatic heterocycles. The molecule has 0 spiro atoms. The number of nitrogens with zero attached hydrogens (tertiary/aromatic N) is 1. The molecule has 3 N–H and O–H groups in total. The van der Waals surface area contributed by atoms with Gasteiger partial charge in [-0.2, -0.15) is 0 Å². The minimum Gasteiger partial charge on any atom is -0.368 e. The summed E-state index contributed by atoms with van der Waals surface area (Å²) in [6, 6.07) is 0. The van der Waals surface area contributed by atoms with E-state index in [1.807, 2.05) is 0 Å².